The van der Waals surface area contributed by atoms with Crippen LogP contribution in [-0.4, -0.2) is 71.0 Å². The van der Waals surface area contributed by atoms with Gasteiger partial charge in [-0.1, -0.05) is 0 Å². The maximum Gasteiger partial charge on any atom is 0.226 e. The first-order chi connectivity index (χ1) is 16.3. The van der Waals surface area contributed by atoms with E-state index >= 15 is 0 Å². The van der Waals surface area contributed by atoms with Crippen molar-refractivity contribution >= 4 is 23.7 Å². The Balaban J connectivity index is 1.73. The number of carbonyl (C=O) groups excluding carboxylic acids is 1. The lowest BCUT2D eigenvalue weighted by molar-refractivity contribution is -0.129. The second-order valence-corrected chi connectivity index (χ2v) is 9.00. The van der Waals surface area contributed by atoms with E-state index in [9.17, 15) is 4.79 Å². The van der Waals surface area contributed by atoms with E-state index in [1.807, 2.05) is 19.9 Å². The van der Waals surface area contributed by atoms with Crippen molar-refractivity contribution in [2.75, 3.05) is 34.4 Å². The van der Waals surface area contributed by atoms with Gasteiger partial charge in [-0.05, 0) is 43.0 Å². The first kappa shape index (κ1) is 24.0. The average molecular weight is 484 g/mol. The Bertz CT molecular complexity index is 1220. The molecule has 34 heavy (non-hydrogen) atoms. The Morgan fingerprint density at radius 3 is 2.82 bits per heavy atom. The van der Waals surface area contributed by atoms with Crippen LogP contribution in [0.3, 0.4) is 0 Å². The summed E-state index contributed by atoms with van der Waals surface area (Å²) in [6, 6.07) is 1.96. The zero-order valence-electron chi connectivity index (χ0n) is 20.1. The van der Waals surface area contributed by atoms with Crippen LogP contribution in [0.5, 0.6) is 5.75 Å². The zero-order valence-corrected chi connectivity index (χ0v) is 20.9. The second-order valence-electron chi connectivity index (χ2n) is 8.27. The summed E-state index contributed by atoms with van der Waals surface area (Å²) in [5.74, 6) is 1.76. The van der Waals surface area contributed by atoms with Crippen LogP contribution in [0.25, 0.3) is 11.3 Å². The first-order valence-electron chi connectivity index (χ1n) is 10.9. The zero-order chi connectivity index (χ0) is 24.4. The molecule has 0 saturated heterocycles. The molecule has 0 unspecified atom stereocenters. The van der Waals surface area contributed by atoms with Gasteiger partial charge in [0.25, 0.3) is 0 Å². The quantitative estimate of drug-likeness (QED) is 0.483. The van der Waals surface area contributed by atoms with Crippen molar-refractivity contribution in [2.45, 2.75) is 32.6 Å². The predicted octanol–water partition coefficient (Wildman–Crippen LogP) is 1.97. The number of hydrogen-bond donors (Lipinski definition) is 1. The Morgan fingerprint density at radius 2 is 2.09 bits per heavy atom. The van der Waals surface area contributed by atoms with Gasteiger partial charge in [-0.15, -0.1) is 0 Å². The highest BCUT2D eigenvalue weighted by molar-refractivity contribution is 7.97. The van der Waals surface area contributed by atoms with E-state index in [1.54, 1.807) is 37.2 Å². The summed E-state index contributed by atoms with van der Waals surface area (Å²) >= 11 is 1.35. The minimum atomic E-state index is 0.0145. The Morgan fingerprint density at radius 1 is 1.29 bits per heavy atom. The second kappa shape index (κ2) is 9.98. The fourth-order valence-electron chi connectivity index (χ4n) is 4.09. The smallest absolute Gasteiger partial charge is 0.226 e. The molecule has 0 radical (unpaired) electrons. The Hall–Kier alpha value is -3.18. The highest BCUT2D eigenvalue weighted by Gasteiger charge is 2.28. The maximum atomic E-state index is 12.8. The van der Waals surface area contributed by atoms with Crippen molar-refractivity contribution in [1.82, 2.24) is 24.9 Å². The van der Waals surface area contributed by atoms with Crippen LogP contribution < -0.4 is 10.5 Å². The van der Waals surface area contributed by atoms with Crippen LogP contribution in [0.2, 0.25) is 0 Å². The molecule has 0 fully saturated rings. The van der Waals surface area contributed by atoms with Crippen molar-refractivity contribution in [3.63, 3.8) is 0 Å². The molecular weight excluding hydrogens is 454 g/mol. The van der Waals surface area contributed by atoms with E-state index in [0.29, 0.717) is 37.0 Å². The number of rotatable bonds is 8. The molecule has 0 aromatic carbocycles. The predicted molar refractivity (Wildman–Crippen MR) is 131 cm³/mol. The lowest BCUT2D eigenvalue weighted by Crippen LogP contribution is -2.31. The Kier molecular flexibility index (Phi) is 7.03. The topological polar surface area (TPSA) is 121 Å². The number of amidine groups is 1. The summed E-state index contributed by atoms with van der Waals surface area (Å²) in [7, 11) is 5.05. The summed E-state index contributed by atoms with van der Waals surface area (Å²) in [6.07, 6.45) is 2.05. The number of nitrogens with two attached hydrogens (primary N) is 1. The third-order valence-electron chi connectivity index (χ3n) is 5.99. The van der Waals surface area contributed by atoms with Gasteiger partial charge in [0.15, 0.2) is 5.84 Å². The van der Waals surface area contributed by atoms with Crippen LogP contribution in [0.4, 0.5) is 0 Å². The number of hydrogen-bond acceptors (Lipinski definition) is 9. The number of methoxy groups -OCH3 is 2. The Labute approximate surface area is 203 Å². The van der Waals surface area contributed by atoms with Gasteiger partial charge in [-0.3, -0.25) is 9.78 Å². The minimum absolute atomic E-state index is 0.0145. The third-order valence-corrected chi connectivity index (χ3v) is 6.73. The van der Waals surface area contributed by atoms with Crippen LogP contribution in [0, 0.1) is 13.8 Å². The van der Waals surface area contributed by atoms with E-state index in [-0.39, 0.29) is 12.3 Å². The largest absolute Gasteiger partial charge is 0.496 e. The average Bonchev–Trinajstić information content (AvgIpc) is 3.05. The summed E-state index contributed by atoms with van der Waals surface area (Å²) in [4.78, 5) is 20.6. The summed E-state index contributed by atoms with van der Waals surface area (Å²) in [6.45, 7) is 5.31. The van der Waals surface area contributed by atoms with Gasteiger partial charge in [0.2, 0.25) is 5.91 Å². The number of ether oxygens (including phenoxy) is 2. The first-order valence-corrected chi connectivity index (χ1v) is 11.9. The molecule has 0 atom stereocenters. The van der Waals surface area contributed by atoms with E-state index in [0.717, 1.165) is 45.0 Å². The van der Waals surface area contributed by atoms with Crippen molar-refractivity contribution in [3.8, 4) is 17.0 Å². The maximum absolute atomic E-state index is 12.8. The van der Waals surface area contributed by atoms with Crippen LogP contribution in [-0.2, 0) is 28.2 Å². The molecule has 1 aliphatic carbocycles. The summed E-state index contributed by atoms with van der Waals surface area (Å²) in [5.41, 5.74) is 13.1. The summed E-state index contributed by atoms with van der Waals surface area (Å²) < 4.78 is 15.0. The van der Waals surface area contributed by atoms with E-state index in [4.69, 9.17) is 25.4 Å². The van der Waals surface area contributed by atoms with Gasteiger partial charge in [0.1, 0.15) is 18.0 Å². The van der Waals surface area contributed by atoms with Crippen LogP contribution >= 0.6 is 11.9 Å². The fraction of sp³-hybridized carbons (Fsp3) is 0.435. The fourth-order valence-corrected chi connectivity index (χ4v) is 4.84. The minimum Gasteiger partial charge on any atom is -0.496 e. The van der Waals surface area contributed by atoms with E-state index in [2.05, 4.69) is 9.38 Å². The number of carbonyl (C=O) groups is 1. The lowest BCUT2D eigenvalue weighted by Gasteiger charge is -2.16. The van der Waals surface area contributed by atoms with Gasteiger partial charge in [-0.2, -0.15) is 19.4 Å². The molecule has 1 amide bonds. The lowest BCUT2D eigenvalue weighted by atomic mass is 10.1. The number of amides is 1. The van der Waals surface area contributed by atoms with Gasteiger partial charge >= 0.3 is 0 Å². The number of likely N-dealkylation sites (N-methyl/N-ethyl adjacent to an activating group) is 1. The molecule has 0 saturated carbocycles. The van der Waals surface area contributed by atoms with Crippen molar-refractivity contribution < 1.29 is 14.3 Å². The molecule has 11 heteroatoms. The molecule has 1 aromatic rings. The molecule has 180 valence electrons. The van der Waals surface area contributed by atoms with Crippen molar-refractivity contribution in [3.05, 3.63) is 45.9 Å². The normalized spacial score (nSPS) is 13.0. The van der Waals surface area contributed by atoms with Crippen LogP contribution in [0.15, 0.2) is 16.7 Å². The molecule has 4 rings (SSSR count). The molecule has 1 aromatic heterocycles. The van der Waals surface area contributed by atoms with Gasteiger partial charge in [0.05, 0.1) is 31.5 Å². The van der Waals surface area contributed by atoms with Gasteiger partial charge < -0.3 is 20.1 Å². The molecular formula is C23H29N7O3S. The molecule has 3 aliphatic rings. The molecule has 10 nitrogen and oxygen atoms in total. The van der Waals surface area contributed by atoms with Gasteiger partial charge in [-0.25, -0.2) is 0 Å². The molecule has 2 N–H and O–H groups in total. The van der Waals surface area contributed by atoms with Crippen molar-refractivity contribution in [1.29, 1.82) is 0 Å². The number of aryl methyl sites for hydroxylation is 1. The van der Waals surface area contributed by atoms with Crippen molar-refractivity contribution in [2.24, 2.45) is 10.1 Å². The highest BCUT2D eigenvalue weighted by atomic mass is 32.2. The van der Waals surface area contributed by atoms with E-state index < -0.39 is 0 Å². The van der Waals surface area contributed by atoms with Crippen LogP contribution in [0.1, 0.15) is 33.6 Å². The van der Waals surface area contributed by atoms with E-state index in [1.165, 1.54) is 11.9 Å². The number of nitrogens with zero attached hydrogens (tertiary/aromatic N) is 6. The summed E-state index contributed by atoms with van der Waals surface area (Å²) in [5, 5.41) is 9.45. The standard InChI is InChI=1S/C23H29N7O3S/c1-13-10-25-18(14(2)22(13)33-5)11-30-26-17-8-15(9-19(31)29(3)6-7-32-4)16-12-34-28-23(24)21(27-30)20(16)17/h8,10H,6-7,9,11-12H2,1-5H3,(H2,24,28). The molecule has 3 heterocycles. The molecule has 2 aliphatic heterocycles. The molecule has 0 spiro atoms. The monoisotopic (exact) mass is 483 g/mol. The number of aromatic nitrogens is 4. The van der Waals surface area contributed by atoms with Gasteiger partial charge in [0, 0.05) is 49.3 Å². The third kappa shape index (κ3) is 4.58. The SMILES string of the molecule is COCCN(C)C(=O)Cc1cc2nn(Cc3ncc(C)c(OC)c3C)nc3c-2c1CSN=C3N. The highest BCUT2D eigenvalue weighted by Crippen LogP contribution is 2.38. The number of pyridine rings is 1. The molecule has 0 bridgehead atoms.